The van der Waals surface area contributed by atoms with Crippen molar-refractivity contribution in [3.63, 3.8) is 0 Å². The summed E-state index contributed by atoms with van der Waals surface area (Å²) < 4.78 is 15.4. The summed E-state index contributed by atoms with van der Waals surface area (Å²) in [5.74, 6) is -0.257. The highest BCUT2D eigenvalue weighted by atomic mass is 35.5. The maximum Gasteiger partial charge on any atom is 0.272 e. The summed E-state index contributed by atoms with van der Waals surface area (Å²) >= 11 is 6.28. The van der Waals surface area contributed by atoms with Crippen molar-refractivity contribution in [1.29, 1.82) is 0 Å². The van der Waals surface area contributed by atoms with E-state index in [1.165, 1.54) is 12.1 Å². The minimum absolute atomic E-state index is 0.0519. The smallest absolute Gasteiger partial charge is 0.272 e. The molecule has 2 fully saturated rings. The Labute approximate surface area is 190 Å². The Morgan fingerprint density at radius 1 is 1.16 bits per heavy atom. The highest BCUT2D eigenvalue weighted by Crippen LogP contribution is 2.39. The molecular weight excluding hydrogens is 431 g/mol. The summed E-state index contributed by atoms with van der Waals surface area (Å²) in [6.07, 6.45) is 1.80. The molecule has 1 aromatic heterocycles. The number of aromatic nitrogens is 2. The summed E-state index contributed by atoms with van der Waals surface area (Å²) in [5.41, 5.74) is 2.44. The highest BCUT2D eigenvalue weighted by Gasteiger charge is 2.45. The molecule has 8 heteroatoms. The minimum Gasteiger partial charge on any atom is -0.348 e. The molecule has 32 heavy (non-hydrogen) atoms. The number of fused-ring (bicyclic) bond motifs is 2. The van der Waals surface area contributed by atoms with E-state index >= 15 is 0 Å². The molecule has 2 heterocycles. The van der Waals surface area contributed by atoms with E-state index in [1.54, 1.807) is 23.9 Å². The Hall–Kier alpha value is -2.93. The number of amides is 2. The molecule has 0 spiro atoms. The second kappa shape index (κ2) is 7.89. The topological polar surface area (TPSA) is 67.2 Å². The lowest BCUT2D eigenvalue weighted by Gasteiger charge is -2.22. The Balaban J connectivity index is 1.32. The highest BCUT2D eigenvalue weighted by molar-refractivity contribution is 6.33. The standard InChI is InChI=1S/C24H24ClFN4O2/c1-13-3-6-19(25)16(9-13)24(32)30-11-14-4-7-20(18(14)12-30)27-23(31)22-17-10-15(26)5-8-21(17)29(2)28-22/h3,5-6,8-10,14,18,20H,4,7,11-12H2,1-2H3,(H,27,31). The number of halogens is 2. The van der Waals surface area contributed by atoms with Gasteiger partial charge in [-0.3, -0.25) is 14.3 Å². The van der Waals surface area contributed by atoms with Crippen LogP contribution in [0.25, 0.3) is 10.9 Å². The summed E-state index contributed by atoms with van der Waals surface area (Å²) in [6.45, 7) is 3.18. The van der Waals surface area contributed by atoms with Gasteiger partial charge in [-0.1, -0.05) is 23.2 Å². The Morgan fingerprint density at radius 2 is 1.97 bits per heavy atom. The van der Waals surface area contributed by atoms with E-state index in [4.69, 9.17) is 11.6 Å². The van der Waals surface area contributed by atoms with Crippen LogP contribution in [0.2, 0.25) is 5.02 Å². The normalized spacial score (nSPS) is 22.4. The molecule has 166 valence electrons. The molecule has 3 aromatic rings. The number of hydrogen-bond donors (Lipinski definition) is 1. The predicted molar refractivity (Wildman–Crippen MR) is 120 cm³/mol. The Kier molecular flexibility index (Phi) is 5.16. The van der Waals surface area contributed by atoms with Crippen LogP contribution < -0.4 is 5.32 Å². The average molecular weight is 455 g/mol. The van der Waals surface area contributed by atoms with Crippen molar-refractivity contribution >= 4 is 34.3 Å². The molecule has 1 aliphatic carbocycles. The molecule has 2 aromatic carbocycles. The van der Waals surface area contributed by atoms with Gasteiger partial charge in [-0.25, -0.2) is 4.39 Å². The van der Waals surface area contributed by atoms with Crippen LogP contribution in [-0.4, -0.2) is 45.6 Å². The van der Waals surface area contributed by atoms with Crippen molar-refractivity contribution in [2.75, 3.05) is 13.1 Å². The summed E-state index contributed by atoms with van der Waals surface area (Å²) in [6, 6.07) is 9.73. The number of carbonyl (C=O) groups is 2. The molecular formula is C24H24ClFN4O2. The van der Waals surface area contributed by atoms with Crippen LogP contribution in [0, 0.1) is 24.6 Å². The number of benzene rings is 2. The molecule has 3 unspecified atom stereocenters. The fraction of sp³-hybridized carbons (Fsp3) is 0.375. The molecule has 6 nitrogen and oxygen atoms in total. The van der Waals surface area contributed by atoms with Gasteiger partial charge >= 0.3 is 0 Å². The average Bonchev–Trinajstić information content (AvgIpc) is 3.43. The molecule has 0 bridgehead atoms. The van der Waals surface area contributed by atoms with Crippen molar-refractivity contribution < 1.29 is 14.0 Å². The first-order valence-corrected chi connectivity index (χ1v) is 11.2. The van der Waals surface area contributed by atoms with E-state index in [0.29, 0.717) is 40.5 Å². The number of nitrogens with zero attached hydrogens (tertiary/aromatic N) is 3. The lowest BCUT2D eigenvalue weighted by Crippen LogP contribution is -2.40. The quantitative estimate of drug-likeness (QED) is 0.651. The number of rotatable bonds is 3. The first-order chi connectivity index (χ1) is 15.3. The van der Waals surface area contributed by atoms with E-state index in [-0.39, 0.29) is 29.5 Å². The summed E-state index contributed by atoms with van der Waals surface area (Å²) in [7, 11) is 1.74. The fourth-order valence-electron chi connectivity index (χ4n) is 5.23. The first kappa shape index (κ1) is 20.9. The van der Waals surface area contributed by atoms with Gasteiger partial charge in [0, 0.05) is 37.5 Å². The van der Waals surface area contributed by atoms with E-state index < -0.39 is 5.82 Å². The fourth-order valence-corrected chi connectivity index (χ4v) is 5.42. The second-order valence-electron chi connectivity index (χ2n) is 8.91. The molecule has 1 N–H and O–H groups in total. The van der Waals surface area contributed by atoms with Crippen LogP contribution in [0.15, 0.2) is 36.4 Å². The molecule has 1 saturated heterocycles. The molecule has 2 aliphatic rings. The van der Waals surface area contributed by atoms with Crippen LogP contribution in [-0.2, 0) is 7.05 Å². The van der Waals surface area contributed by atoms with Gasteiger partial charge in [0.1, 0.15) is 5.82 Å². The Bertz CT molecular complexity index is 1240. The molecule has 1 aliphatic heterocycles. The van der Waals surface area contributed by atoms with Gasteiger partial charge < -0.3 is 10.2 Å². The predicted octanol–water partition coefficient (Wildman–Crippen LogP) is 3.95. The third kappa shape index (κ3) is 3.54. The lowest BCUT2D eigenvalue weighted by atomic mass is 9.97. The van der Waals surface area contributed by atoms with Gasteiger partial charge in [0.05, 0.1) is 16.1 Å². The second-order valence-corrected chi connectivity index (χ2v) is 9.32. The molecule has 1 saturated carbocycles. The third-order valence-corrected chi connectivity index (χ3v) is 7.17. The van der Waals surface area contributed by atoms with Gasteiger partial charge in [0.15, 0.2) is 5.69 Å². The number of likely N-dealkylation sites (tertiary alicyclic amines) is 1. The molecule has 2 amide bonds. The lowest BCUT2D eigenvalue weighted by molar-refractivity contribution is 0.0778. The Morgan fingerprint density at radius 3 is 2.78 bits per heavy atom. The van der Waals surface area contributed by atoms with Crippen molar-refractivity contribution in [2.45, 2.75) is 25.8 Å². The van der Waals surface area contributed by atoms with E-state index in [0.717, 1.165) is 18.4 Å². The van der Waals surface area contributed by atoms with Crippen LogP contribution in [0.5, 0.6) is 0 Å². The van der Waals surface area contributed by atoms with Crippen molar-refractivity contribution in [1.82, 2.24) is 20.0 Å². The third-order valence-electron chi connectivity index (χ3n) is 6.84. The van der Waals surface area contributed by atoms with E-state index in [1.807, 2.05) is 24.0 Å². The minimum atomic E-state index is -0.403. The number of carbonyl (C=O) groups excluding carboxylic acids is 2. The van der Waals surface area contributed by atoms with E-state index in [9.17, 15) is 14.0 Å². The largest absolute Gasteiger partial charge is 0.348 e. The first-order valence-electron chi connectivity index (χ1n) is 10.8. The van der Waals surface area contributed by atoms with Crippen molar-refractivity contribution in [2.24, 2.45) is 18.9 Å². The van der Waals surface area contributed by atoms with Crippen LogP contribution in [0.4, 0.5) is 4.39 Å². The van der Waals surface area contributed by atoms with Crippen LogP contribution >= 0.6 is 11.6 Å². The van der Waals surface area contributed by atoms with Gasteiger partial charge in [-0.2, -0.15) is 5.10 Å². The van der Waals surface area contributed by atoms with Gasteiger partial charge in [-0.05, 0) is 56.0 Å². The number of aryl methyl sites for hydroxylation is 2. The summed E-state index contributed by atoms with van der Waals surface area (Å²) in [5, 5.41) is 8.38. The SMILES string of the molecule is Cc1ccc(Cl)c(C(=O)N2CC3CCC(NC(=O)c4nn(C)c5ccc(F)cc45)C3C2)c1. The van der Waals surface area contributed by atoms with Crippen molar-refractivity contribution in [3.05, 3.63) is 64.1 Å². The van der Waals surface area contributed by atoms with Gasteiger partial charge in [0.2, 0.25) is 0 Å². The number of nitrogens with one attached hydrogen (secondary N) is 1. The summed E-state index contributed by atoms with van der Waals surface area (Å²) in [4.78, 5) is 28.0. The van der Waals surface area contributed by atoms with Gasteiger partial charge in [-0.15, -0.1) is 0 Å². The zero-order chi connectivity index (χ0) is 22.6. The maximum atomic E-state index is 13.8. The zero-order valence-electron chi connectivity index (χ0n) is 17.9. The van der Waals surface area contributed by atoms with Crippen molar-refractivity contribution in [3.8, 4) is 0 Å². The number of hydrogen-bond acceptors (Lipinski definition) is 3. The van der Waals surface area contributed by atoms with Gasteiger partial charge in [0.25, 0.3) is 11.8 Å². The molecule has 0 radical (unpaired) electrons. The zero-order valence-corrected chi connectivity index (χ0v) is 18.7. The molecule has 5 rings (SSSR count). The maximum absolute atomic E-state index is 13.8. The van der Waals surface area contributed by atoms with Crippen LogP contribution in [0.1, 0.15) is 39.3 Å². The monoisotopic (exact) mass is 454 g/mol. The van der Waals surface area contributed by atoms with E-state index in [2.05, 4.69) is 10.4 Å². The van der Waals surface area contributed by atoms with Crippen LogP contribution in [0.3, 0.4) is 0 Å². The molecule has 3 atom stereocenters.